The average molecular weight is 497 g/mol. The molecule has 0 spiro atoms. The van der Waals surface area contributed by atoms with Crippen LogP contribution in [0, 0.1) is 12.8 Å². The van der Waals surface area contributed by atoms with Gasteiger partial charge in [0.2, 0.25) is 5.91 Å². The highest BCUT2D eigenvalue weighted by atomic mass is 32.1. The summed E-state index contributed by atoms with van der Waals surface area (Å²) in [4.78, 5) is 33.0. The Hall–Kier alpha value is -3.97. The first-order valence-corrected chi connectivity index (χ1v) is 12.8. The molecule has 6 nitrogen and oxygen atoms in total. The normalized spacial score (nSPS) is 12.2. The Labute approximate surface area is 213 Å². The van der Waals surface area contributed by atoms with E-state index in [1.165, 1.54) is 11.3 Å². The van der Waals surface area contributed by atoms with Gasteiger partial charge in [-0.3, -0.25) is 9.59 Å². The van der Waals surface area contributed by atoms with Gasteiger partial charge in [0.15, 0.2) is 5.13 Å². The number of nitrogens with one attached hydrogen (secondary N) is 3. The summed E-state index contributed by atoms with van der Waals surface area (Å²) >= 11 is 1.46. The fourth-order valence-corrected chi connectivity index (χ4v) is 5.10. The molecule has 5 aromatic rings. The van der Waals surface area contributed by atoms with Crippen LogP contribution in [0.25, 0.3) is 32.2 Å². The van der Waals surface area contributed by atoms with Crippen LogP contribution in [0.15, 0.2) is 66.9 Å². The molecule has 1 atom stereocenters. The molecule has 182 valence electrons. The van der Waals surface area contributed by atoms with Crippen LogP contribution in [0.2, 0.25) is 0 Å². The molecular formula is C29H28N4O2S. The second-order valence-electron chi connectivity index (χ2n) is 9.42. The van der Waals surface area contributed by atoms with E-state index in [1.807, 2.05) is 76.2 Å². The van der Waals surface area contributed by atoms with Crippen molar-refractivity contribution in [3.8, 4) is 11.1 Å². The molecule has 5 rings (SSSR count). The van der Waals surface area contributed by atoms with Crippen LogP contribution in [0.3, 0.4) is 0 Å². The van der Waals surface area contributed by atoms with E-state index in [-0.39, 0.29) is 23.8 Å². The van der Waals surface area contributed by atoms with Gasteiger partial charge in [0.05, 0.1) is 21.8 Å². The summed E-state index contributed by atoms with van der Waals surface area (Å²) < 4.78 is 0.991. The van der Waals surface area contributed by atoms with Crippen molar-refractivity contribution in [1.29, 1.82) is 0 Å². The number of hydrogen-bond donors (Lipinski definition) is 3. The highest BCUT2D eigenvalue weighted by Gasteiger charge is 2.17. The summed E-state index contributed by atoms with van der Waals surface area (Å²) in [6, 6.07) is 20.2. The maximum Gasteiger partial charge on any atom is 0.253 e. The van der Waals surface area contributed by atoms with Gasteiger partial charge in [-0.25, -0.2) is 4.98 Å². The zero-order valence-corrected chi connectivity index (χ0v) is 21.5. The summed E-state index contributed by atoms with van der Waals surface area (Å²) in [5.74, 6) is -0.266. The predicted octanol–water partition coefficient (Wildman–Crippen LogP) is 6.84. The second kappa shape index (κ2) is 9.59. The van der Waals surface area contributed by atoms with Crippen LogP contribution < -0.4 is 10.6 Å². The molecule has 36 heavy (non-hydrogen) atoms. The number of benzene rings is 3. The number of fused-ring (bicyclic) bond motifs is 2. The molecule has 0 saturated carbocycles. The molecular weight excluding hydrogens is 468 g/mol. The van der Waals surface area contributed by atoms with Crippen molar-refractivity contribution < 1.29 is 9.59 Å². The van der Waals surface area contributed by atoms with Gasteiger partial charge >= 0.3 is 0 Å². The largest absolute Gasteiger partial charge is 0.360 e. The number of carbonyl (C=O) groups excluding carboxylic acids is 2. The van der Waals surface area contributed by atoms with Crippen molar-refractivity contribution in [3.63, 3.8) is 0 Å². The first-order valence-electron chi connectivity index (χ1n) is 12.0. The molecule has 0 bridgehead atoms. The second-order valence-corrected chi connectivity index (χ2v) is 10.4. The Morgan fingerprint density at radius 3 is 2.53 bits per heavy atom. The lowest BCUT2D eigenvalue weighted by Gasteiger charge is -2.14. The topological polar surface area (TPSA) is 86.9 Å². The lowest BCUT2D eigenvalue weighted by atomic mass is 10.0. The minimum Gasteiger partial charge on any atom is -0.360 e. The van der Waals surface area contributed by atoms with Gasteiger partial charge in [-0.15, -0.1) is 0 Å². The first kappa shape index (κ1) is 23.8. The molecule has 2 amide bonds. The molecule has 0 saturated heterocycles. The number of hydrogen-bond acceptors (Lipinski definition) is 4. The van der Waals surface area contributed by atoms with Gasteiger partial charge < -0.3 is 15.6 Å². The fourth-order valence-electron chi connectivity index (χ4n) is 4.19. The number of carbonyl (C=O) groups is 2. The first-order chi connectivity index (χ1) is 17.3. The molecule has 3 N–H and O–H groups in total. The number of aromatic amines is 1. The number of thiazole rings is 1. The summed E-state index contributed by atoms with van der Waals surface area (Å²) in [7, 11) is 0. The zero-order valence-electron chi connectivity index (χ0n) is 20.7. The molecule has 0 unspecified atom stereocenters. The Morgan fingerprint density at radius 2 is 1.75 bits per heavy atom. The summed E-state index contributed by atoms with van der Waals surface area (Å²) in [5, 5.41) is 7.48. The van der Waals surface area contributed by atoms with E-state index in [0.29, 0.717) is 10.7 Å². The summed E-state index contributed by atoms with van der Waals surface area (Å²) in [6.45, 7) is 7.76. The predicted molar refractivity (Wildman–Crippen MR) is 147 cm³/mol. The molecule has 0 radical (unpaired) electrons. The summed E-state index contributed by atoms with van der Waals surface area (Å²) in [6.07, 6.45) is 1.77. The Bertz CT molecular complexity index is 1600. The Morgan fingerprint density at radius 1 is 0.972 bits per heavy atom. The van der Waals surface area contributed by atoms with E-state index in [0.717, 1.165) is 43.4 Å². The quantitative estimate of drug-likeness (QED) is 0.241. The van der Waals surface area contributed by atoms with Crippen molar-refractivity contribution in [2.45, 2.75) is 33.7 Å². The van der Waals surface area contributed by atoms with Crippen LogP contribution in [0.4, 0.5) is 5.13 Å². The van der Waals surface area contributed by atoms with Crippen LogP contribution in [-0.2, 0) is 4.79 Å². The lowest BCUT2D eigenvalue weighted by molar-refractivity contribution is -0.118. The van der Waals surface area contributed by atoms with Crippen molar-refractivity contribution >= 4 is 49.4 Å². The third-order valence-electron chi connectivity index (χ3n) is 6.29. The van der Waals surface area contributed by atoms with Crippen LogP contribution in [0.1, 0.15) is 48.3 Å². The number of aromatic nitrogens is 2. The number of amides is 2. The Kier molecular flexibility index (Phi) is 6.33. The van der Waals surface area contributed by atoms with Gasteiger partial charge in [-0.1, -0.05) is 67.1 Å². The Balaban J connectivity index is 1.42. The molecule has 2 aromatic heterocycles. The van der Waals surface area contributed by atoms with Gasteiger partial charge in [-0.05, 0) is 54.8 Å². The van der Waals surface area contributed by atoms with E-state index < -0.39 is 0 Å². The minimum atomic E-state index is -0.115. The van der Waals surface area contributed by atoms with Crippen molar-refractivity contribution in [3.05, 3.63) is 83.6 Å². The van der Waals surface area contributed by atoms with Gasteiger partial charge in [-0.2, -0.15) is 0 Å². The molecule has 3 aromatic carbocycles. The third kappa shape index (κ3) is 4.75. The number of rotatable bonds is 6. The SMILES string of the molecule is Cc1cccc([C@H](C)NC(=O)c2c[nH]c3ccc(-c4ccc5nc(NC(=O)C(C)C)sc5c4)cc23)c1. The van der Waals surface area contributed by atoms with Gasteiger partial charge in [0, 0.05) is 23.0 Å². The number of nitrogens with zero attached hydrogens (tertiary/aromatic N) is 1. The molecule has 2 heterocycles. The van der Waals surface area contributed by atoms with Gasteiger partial charge in [0.1, 0.15) is 0 Å². The third-order valence-corrected chi connectivity index (χ3v) is 7.23. The van der Waals surface area contributed by atoms with Crippen molar-refractivity contribution in [2.24, 2.45) is 5.92 Å². The number of H-pyrrole nitrogens is 1. The maximum atomic E-state index is 13.2. The van der Waals surface area contributed by atoms with E-state index in [1.54, 1.807) is 6.20 Å². The van der Waals surface area contributed by atoms with Crippen LogP contribution >= 0.6 is 11.3 Å². The lowest BCUT2D eigenvalue weighted by Crippen LogP contribution is -2.26. The van der Waals surface area contributed by atoms with E-state index >= 15 is 0 Å². The standard InChI is InChI=1S/C29H28N4O2S/c1-16(2)27(34)33-29-32-25-11-9-21(14-26(25)36-29)20-8-10-24-22(13-20)23(15-30-24)28(35)31-18(4)19-7-5-6-17(3)12-19/h5-16,18,30H,1-4H3,(H,31,35)(H,32,33,34)/t18-/m0/s1. The average Bonchev–Trinajstić information content (AvgIpc) is 3.46. The molecule has 7 heteroatoms. The molecule has 0 fully saturated rings. The molecule has 0 aliphatic carbocycles. The van der Waals surface area contributed by atoms with Crippen LogP contribution in [-0.4, -0.2) is 21.8 Å². The smallest absolute Gasteiger partial charge is 0.253 e. The maximum absolute atomic E-state index is 13.2. The number of aryl methyl sites for hydroxylation is 1. The zero-order chi connectivity index (χ0) is 25.4. The molecule has 0 aliphatic rings. The fraction of sp³-hybridized carbons (Fsp3) is 0.207. The van der Waals surface area contributed by atoms with Gasteiger partial charge in [0.25, 0.3) is 5.91 Å². The highest BCUT2D eigenvalue weighted by Crippen LogP contribution is 2.32. The highest BCUT2D eigenvalue weighted by molar-refractivity contribution is 7.22. The minimum absolute atomic E-state index is 0.0466. The van der Waals surface area contributed by atoms with E-state index in [4.69, 9.17) is 0 Å². The monoisotopic (exact) mass is 496 g/mol. The van der Waals surface area contributed by atoms with E-state index in [9.17, 15) is 9.59 Å². The van der Waals surface area contributed by atoms with Crippen molar-refractivity contribution in [2.75, 3.05) is 5.32 Å². The molecule has 0 aliphatic heterocycles. The van der Waals surface area contributed by atoms with Crippen LogP contribution in [0.5, 0.6) is 0 Å². The number of anilines is 1. The summed E-state index contributed by atoms with van der Waals surface area (Å²) in [5.41, 5.74) is 6.63. The van der Waals surface area contributed by atoms with E-state index in [2.05, 4.69) is 32.7 Å². The van der Waals surface area contributed by atoms with Crippen molar-refractivity contribution in [1.82, 2.24) is 15.3 Å².